The lowest BCUT2D eigenvalue weighted by Crippen LogP contribution is -2.37. The van der Waals surface area contributed by atoms with Crippen LogP contribution in [0.5, 0.6) is 0 Å². The van der Waals surface area contributed by atoms with Gasteiger partial charge in [-0.1, -0.05) is 35.3 Å². The molecule has 0 saturated carbocycles. The lowest BCUT2D eigenvalue weighted by Gasteiger charge is -2.30. The summed E-state index contributed by atoms with van der Waals surface area (Å²) in [4.78, 5) is 14.6. The van der Waals surface area contributed by atoms with Crippen LogP contribution in [0.25, 0.3) is 0 Å². The number of ether oxygens (including phenoxy) is 1. The molecule has 1 heterocycles. The highest BCUT2D eigenvalue weighted by molar-refractivity contribution is 7.92. The van der Waals surface area contributed by atoms with Crippen molar-refractivity contribution in [3.63, 3.8) is 0 Å². The molecule has 0 spiro atoms. The third-order valence-electron chi connectivity index (χ3n) is 5.26. The molecule has 0 bridgehead atoms. The number of rotatable bonds is 7. The van der Waals surface area contributed by atoms with Gasteiger partial charge in [-0.3, -0.25) is 9.52 Å². The zero-order valence-electron chi connectivity index (χ0n) is 18.1. The van der Waals surface area contributed by atoms with E-state index >= 15 is 0 Å². The molecular formula is C24H23Cl2N3O4S. The molecule has 34 heavy (non-hydrogen) atoms. The summed E-state index contributed by atoms with van der Waals surface area (Å²) in [7, 11) is -3.97. The molecule has 4 rings (SSSR count). The fraction of sp³-hybridized carbons (Fsp3) is 0.208. The maximum absolute atomic E-state index is 13.4. The third kappa shape index (κ3) is 6.21. The standard InChI is InChI=1S/C24H23Cl2N3O4S/c25-18-3-1-17(2-4-18)15-24(30)27-21-9-10-22(29-11-13-33-14-12-29)23(16-21)34(31,32)28-20-7-5-19(26)6-8-20/h1-10,16,28H,11-15H2,(H,27,30). The number of nitrogens with zero attached hydrogens (tertiary/aromatic N) is 1. The topological polar surface area (TPSA) is 87.7 Å². The Morgan fingerprint density at radius 1 is 0.882 bits per heavy atom. The van der Waals surface area contributed by atoms with E-state index in [-0.39, 0.29) is 17.2 Å². The Bertz CT molecular complexity index is 1260. The highest BCUT2D eigenvalue weighted by Crippen LogP contribution is 2.31. The second-order valence-electron chi connectivity index (χ2n) is 7.75. The molecular weight excluding hydrogens is 497 g/mol. The van der Waals surface area contributed by atoms with E-state index in [0.29, 0.717) is 53.4 Å². The average Bonchev–Trinajstić information content (AvgIpc) is 2.82. The van der Waals surface area contributed by atoms with E-state index in [1.807, 2.05) is 4.90 Å². The molecule has 178 valence electrons. The first-order valence-corrected chi connectivity index (χ1v) is 12.8. The van der Waals surface area contributed by atoms with Gasteiger partial charge in [0.25, 0.3) is 10.0 Å². The van der Waals surface area contributed by atoms with Crippen molar-refractivity contribution in [1.82, 2.24) is 0 Å². The fourth-order valence-electron chi connectivity index (χ4n) is 3.59. The van der Waals surface area contributed by atoms with Crippen LogP contribution >= 0.6 is 23.2 Å². The van der Waals surface area contributed by atoms with Crippen LogP contribution in [0.2, 0.25) is 10.0 Å². The van der Waals surface area contributed by atoms with Crippen LogP contribution in [0.4, 0.5) is 17.1 Å². The average molecular weight is 520 g/mol. The summed E-state index contributed by atoms with van der Waals surface area (Å²) in [5.74, 6) is -0.268. The minimum Gasteiger partial charge on any atom is -0.378 e. The van der Waals surface area contributed by atoms with Crippen LogP contribution in [-0.2, 0) is 26.0 Å². The third-order valence-corrected chi connectivity index (χ3v) is 7.17. The van der Waals surface area contributed by atoms with Crippen molar-refractivity contribution in [2.45, 2.75) is 11.3 Å². The van der Waals surface area contributed by atoms with Gasteiger partial charge in [-0.25, -0.2) is 8.42 Å². The van der Waals surface area contributed by atoms with Crippen molar-refractivity contribution in [2.24, 2.45) is 0 Å². The summed E-state index contributed by atoms with van der Waals surface area (Å²) in [5, 5.41) is 3.89. The van der Waals surface area contributed by atoms with Gasteiger partial charge >= 0.3 is 0 Å². The Balaban J connectivity index is 1.61. The van der Waals surface area contributed by atoms with E-state index in [1.165, 1.54) is 6.07 Å². The van der Waals surface area contributed by atoms with Gasteiger partial charge in [0.05, 0.1) is 25.3 Å². The maximum atomic E-state index is 13.4. The Morgan fingerprint density at radius 2 is 1.47 bits per heavy atom. The molecule has 10 heteroatoms. The Kier molecular flexibility index (Phi) is 7.63. The van der Waals surface area contributed by atoms with Crippen molar-refractivity contribution < 1.29 is 17.9 Å². The highest BCUT2D eigenvalue weighted by Gasteiger charge is 2.24. The number of benzene rings is 3. The molecule has 7 nitrogen and oxygen atoms in total. The van der Waals surface area contributed by atoms with Crippen LogP contribution < -0.4 is 14.9 Å². The summed E-state index contributed by atoms with van der Waals surface area (Å²) in [6.07, 6.45) is 0.132. The van der Waals surface area contributed by atoms with Gasteiger partial charge in [0, 0.05) is 34.5 Å². The molecule has 1 saturated heterocycles. The number of morpholine rings is 1. The normalized spacial score (nSPS) is 14.0. The molecule has 1 amide bonds. The Morgan fingerprint density at radius 3 is 2.12 bits per heavy atom. The minimum atomic E-state index is -3.97. The van der Waals surface area contributed by atoms with E-state index in [9.17, 15) is 13.2 Å². The zero-order valence-corrected chi connectivity index (χ0v) is 20.5. The number of anilines is 3. The molecule has 3 aromatic rings. The lowest BCUT2D eigenvalue weighted by atomic mass is 10.1. The van der Waals surface area contributed by atoms with Crippen molar-refractivity contribution in [3.8, 4) is 0 Å². The number of nitrogens with one attached hydrogen (secondary N) is 2. The smallest absolute Gasteiger partial charge is 0.264 e. The summed E-state index contributed by atoms with van der Waals surface area (Å²) in [6, 6.07) is 18.3. The van der Waals surface area contributed by atoms with Crippen LogP contribution in [0.1, 0.15) is 5.56 Å². The molecule has 0 radical (unpaired) electrons. The molecule has 1 aliphatic heterocycles. The quantitative estimate of drug-likeness (QED) is 0.467. The second-order valence-corrected chi connectivity index (χ2v) is 10.3. The largest absolute Gasteiger partial charge is 0.378 e. The molecule has 0 aliphatic carbocycles. The van der Waals surface area contributed by atoms with E-state index in [1.54, 1.807) is 60.7 Å². The minimum absolute atomic E-state index is 0.0636. The molecule has 0 unspecified atom stereocenters. The van der Waals surface area contributed by atoms with Gasteiger partial charge in [-0.15, -0.1) is 0 Å². The van der Waals surface area contributed by atoms with Gasteiger partial charge in [0.2, 0.25) is 5.91 Å². The summed E-state index contributed by atoms with van der Waals surface area (Å²) >= 11 is 11.8. The number of hydrogen-bond donors (Lipinski definition) is 2. The molecule has 0 atom stereocenters. The van der Waals surface area contributed by atoms with Gasteiger partial charge in [0.1, 0.15) is 4.90 Å². The monoisotopic (exact) mass is 519 g/mol. The first-order valence-electron chi connectivity index (χ1n) is 10.6. The van der Waals surface area contributed by atoms with Crippen LogP contribution in [0.15, 0.2) is 71.6 Å². The van der Waals surface area contributed by atoms with Crippen LogP contribution in [-0.4, -0.2) is 40.6 Å². The summed E-state index contributed by atoms with van der Waals surface area (Å²) in [5.41, 5.74) is 2.10. The number of hydrogen-bond acceptors (Lipinski definition) is 5. The predicted octanol–water partition coefficient (Wildman–Crippen LogP) is 4.81. The second kappa shape index (κ2) is 10.7. The molecule has 1 fully saturated rings. The van der Waals surface area contributed by atoms with Gasteiger partial charge < -0.3 is 15.0 Å². The lowest BCUT2D eigenvalue weighted by molar-refractivity contribution is -0.115. The zero-order chi connectivity index (χ0) is 24.1. The summed E-state index contributed by atoms with van der Waals surface area (Å²) < 4.78 is 34.8. The van der Waals surface area contributed by atoms with Crippen LogP contribution in [0, 0.1) is 0 Å². The van der Waals surface area contributed by atoms with Crippen molar-refractivity contribution >= 4 is 56.2 Å². The van der Waals surface area contributed by atoms with Gasteiger partial charge in [-0.2, -0.15) is 0 Å². The number of carbonyl (C=O) groups is 1. The molecule has 2 N–H and O–H groups in total. The summed E-state index contributed by atoms with van der Waals surface area (Å²) in [6.45, 7) is 2.13. The fourth-order valence-corrected chi connectivity index (χ4v) is 5.16. The number of amides is 1. The number of carbonyl (C=O) groups excluding carboxylic acids is 1. The van der Waals surface area contributed by atoms with Crippen LogP contribution in [0.3, 0.4) is 0 Å². The highest BCUT2D eigenvalue weighted by atomic mass is 35.5. The van der Waals surface area contributed by atoms with Crippen molar-refractivity contribution in [1.29, 1.82) is 0 Å². The van der Waals surface area contributed by atoms with Gasteiger partial charge in [-0.05, 0) is 60.2 Å². The van der Waals surface area contributed by atoms with E-state index in [2.05, 4.69) is 10.0 Å². The Labute approximate surface area is 208 Å². The molecule has 1 aliphatic rings. The maximum Gasteiger partial charge on any atom is 0.264 e. The predicted molar refractivity (Wildman–Crippen MR) is 136 cm³/mol. The van der Waals surface area contributed by atoms with E-state index in [4.69, 9.17) is 27.9 Å². The molecule has 3 aromatic carbocycles. The van der Waals surface area contributed by atoms with E-state index in [0.717, 1.165) is 5.56 Å². The molecule has 0 aromatic heterocycles. The number of sulfonamides is 1. The number of halogens is 2. The first kappa shape index (κ1) is 24.3. The van der Waals surface area contributed by atoms with E-state index < -0.39 is 10.0 Å². The van der Waals surface area contributed by atoms with Crippen molar-refractivity contribution in [2.75, 3.05) is 41.2 Å². The van der Waals surface area contributed by atoms with Crippen molar-refractivity contribution in [3.05, 3.63) is 82.3 Å². The SMILES string of the molecule is O=C(Cc1ccc(Cl)cc1)Nc1ccc(N2CCOCC2)c(S(=O)(=O)Nc2ccc(Cl)cc2)c1. The first-order chi connectivity index (χ1) is 16.3. The van der Waals surface area contributed by atoms with Gasteiger partial charge in [0.15, 0.2) is 0 Å². The Hall–Kier alpha value is -2.78.